The molecular weight excluding hydrogens is 336 g/mol. The standard InChI is InChI=1S/C19H23ClN4O/c20-17-6-4-15(5-7-17)13-22-19(25)23-14-16-8-11-24(12-9-16)18-3-1-2-10-21-18/h1-7,10,16H,8-9,11-14H2,(H2,22,23,25). The van der Waals surface area contributed by atoms with Crippen LogP contribution >= 0.6 is 11.6 Å². The van der Waals surface area contributed by atoms with E-state index in [4.69, 9.17) is 11.6 Å². The highest BCUT2D eigenvalue weighted by Gasteiger charge is 2.20. The van der Waals surface area contributed by atoms with Crippen molar-refractivity contribution < 1.29 is 4.79 Å². The lowest BCUT2D eigenvalue weighted by Gasteiger charge is -2.32. The molecule has 132 valence electrons. The molecule has 0 bridgehead atoms. The highest BCUT2D eigenvalue weighted by molar-refractivity contribution is 6.30. The summed E-state index contributed by atoms with van der Waals surface area (Å²) in [5.41, 5.74) is 1.03. The highest BCUT2D eigenvalue weighted by Crippen LogP contribution is 2.20. The summed E-state index contributed by atoms with van der Waals surface area (Å²) in [5.74, 6) is 1.55. The third kappa shape index (κ3) is 5.36. The molecule has 2 amide bonds. The van der Waals surface area contributed by atoms with Gasteiger partial charge in [0.2, 0.25) is 0 Å². The van der Waals surface area contributed by atoms with Crippen LogP contribution in [-0.4, -0.2) is 30.6 Å². The van der Waals surface area contributed by atoms with Crippen molar-refractivity contribution in [2.45, 2.75) is 19.4 Å². The Hall–Kier alpha value is -2.27. The number of halogens is 1. The maximum Gasteiger partial charge on any atom is 0.315 e. The van der Waals surface area contributed by atoms with E-state index in [9.17, 15) is 4.79 Å². The summed E-state index contributed by atoms with van der Waals surface area (Å²) in [6.07, 6.45) is 3.95. The molecule has 1 aliphatic heterocycles. The van der Waals surface area contributed by atoms with Gasteiger partial charge >= 0.3 is 6.03 Å². The fourth-order valence-corrected chi connectivity index (χ4v) is 3.12. The average Bonchev–Trinajstić information content (AvgIpc) is 2.67. The Morgan fingerprint density at radius 1 is 1.12 bits per heavy atom. The van der Waals surface area contributed by atoms with Crippen LogP contribution in [0.25, 0.3) is 0 Å². The SMILES string of the molecule is O=C(NCc1ccc(Cl)cc1)NCC1CCN(c2ccccn2)CC1. The highest BCUT2D eigenvalue weighted by atomic mass is 35.5. The van der Waals surface area contributed by atoms with Crippen molar-refractivity contribution in [2.75, 3.05) is 24.5 Å². The molecule has 6 heteroatoms. The van der Waals surface area contributed by atoms with Gasteiger partial charge in [0, 0.05) is 37.4 Å². The fraction of sp³-hybridized carbons (Fsp3) is 0.368. The number of piperidine rings is 1. The fourth-order valence-electron chi connectivity index (χ4n) is 2.99. The first kappa shape index (κ1) is 17.5. The molecule has 5 nitrogen and oxygen atoms in total. The van der Waals surface area contributed by atoms with E-state index in [-0.39, 0.29) is 6.03 Å². The van der Waals surface area contributed by atoms with Gasteiger partial charge < -0.3 is 15.5 Å². The predicted octanol–water partition coefficient (Wildman–Crippen LogP) is 3.45. The zero-order chi connectivity index (χ0) is 17.5. The Morgan fingerprint density at radius 3 is 2.56 bits per heavy atom. The first-order chi connectivity index (χ1) is 12.2. The van der Waals surface area contributed by atoms with E-state index in [2.05, 4.69) is 20.5 Å². The number of pyridine rings is 1. The monoisotopic (exact) mass is 358 g/mol. The van der Waals surface area contributed by atoms with Crippen LogP contribution in [0.1, 0.15) is 18.4 Å². The van der Waals surface area contributed by atoms with Gasteiger partial charge in [0.1, 0.15) is 5.82 Å². The summed E-state index contributed by atoms with van der Waals surface area (Å²) < 4.78 is 0. The number of nitrogens with zero attached hydrogens (tertiary/aromatic N) is 2. The quantitative estimate of drug-likeness (QED) is 0.860. The van der Waals surface area contributed by atoms with E-state index in [1.165, 1.54) is 0 Å². The zero-order valence-electron chi connectivity index (χ0n) is 14.1. The average molecular weight is 359 g/mol. The number of carbonyl (C=O) groups excluding carboxylic acids is 1. The third-order valence-corrected chi connectivity index (χ3v) is 4.76. The van der Waals surface area contributed by atoms with E-state index in [0.29, 0.717) is 24.0 Å². The van der Waals surface area contributed by atoms with E-state index >= 15 is 0 Å². The molecule has 3 rings (SSSR count). The maximum absolute atomic E-state index is 11.9. The van der Waals surface area contributed by atoms with Crippen molar-refractivity contribution >= 4 is 23.4 Å². The molecule has 25 heavy (non-hydrogen) atoms. The number of urea groups is 1. The van der Waals surface area contributed by atoms with Gasteiger partial charge in [-0.3, -0.25) is 0 Å². The van der Waals surface area contributed by atoms with Crippen LogP contribution in [0.2, 0.25) is 5.02 Å². The largest absolute Gasteiger partial charge is 0.357 e. The Bertz CT molecular complexity index is 670. The predicted molar refractivity (Wildman–Crippen MR) is 101 cm³/mol. The molecule has 0 aliphatic carbocycles. The van der Waals surface area contributed by atoms with Gasteiger partial charge in [0.05, 0.1) is 0 Å². The Kier molecular flexibility index (Phi) is 6.12. The summed E-state index contributed by atoms with van der Waals surface area (Å²) >= 11 is 5.85. The molecule has 2 aromatic rings. The Balaban J connectivity index is 1.35. The van der Waals surface area contributed by atoms with E-state index in [1.54, 1.807) is 0 Å². The van der Waals surface area contributed by atoms with Crippen molar-refractivity contribution in [3.63, 3.8) is 0 Å². The maximum atomic E-state index is 11.9. The minimum absolute atomic E-state index is 0.123. The van der Waals surface area contributed by atoms with Gasteiger partial charge in [-0.2, -0.15) is 0 Å². The van der Waals surface area contributed by atoms with Crippen molar-refractivity contribution in [3.8, 4) is 0 Å². The lowest BCUT2D eigenvalue weighted by atomic mass is 9.97. The first-order valence-electron chi connectivity index (χ1n) is 8.63. The van der Waals surface area contributed by atoms with Gasteiger partial charge in [-0.1, -0.05) is 29.8 Å². The molecule has 0 spiro atoms. The Morgan fingerprint density at radius 2 is 1.88 bits per heavy atom. The lowest BCUT2D eigenvalue weighted by molar-refractivity contribution is 0.237. The molecule has 0 saturated carbocycles. The van der Waals surface area contributed by atoms with Crippen LogP contribution in [0.4, 0.5) is 10.6 Å². The molecule has 0 radical (unpaired) electrons. The number of nitrogens with one attached hydrogen (secondary N) is 2. The molecule has 1 saturated heterocycles. The van der Waals surface area contributed by atoms with Crippen LogP contribution in [-0.2, 0) is 6.54 Å². The van der Waals surface area contributed by atoms with Gasteiger partial charge in [0.15, 0.2) is 0 Å². The third-order valence-electron chi connectivity index (χ3n) is 4.51. The molecule has 1 fully saturated rings. The van der Waals surface area contributed by atoms with Crippen molar-refractivity contribution in [1.29, 1.82) is 0 Å². The van der Waals surface area contributed by atoms with Crippen LogP contribution in [0.3, 0.4) is 0 Å². The van der Waals surface area contributed by atoms with Crippen LogP contribution in [0.15, 0.2) is 48.7 Å². The molecule has 1 aliphatic rings. The van der Waals surface area contributed by atoms with Crippen LogP contribution < -0.4 is 15.5 Å². The number of anilines is 1. The topological polar surface area (TPSA) is 57.3 Å². The van der Waals surface area contributed by atoms with Gasteiger partial charge in [-0.25, -0.2) is 9.78 Å². The zero-order valence-corrected chi connectivity index (χ0v) is 14.9. The second-order valence-corrected chi connectivity index (χ2v) is 6.74. The van der Waals surface area contributed by atoms with E-state index < -0.39 is 0 Å². The molecule has 2 heterocycles. The molecular formula is C19H23ClN4O. The van der Waals surface area contributed by atoms with E-state index in [0.717, 1.165) is 37.3 Å². The molecule has 0 unspecified atom stereocenters. The number of carbonyl (C=O) groups is 1. The Labute approximate surface area is 153 Å². The number of rotatable bonds is 5. The smallest absolute Gasteiger partial charge is 0.315 e. The summed E-state index contributed by atoms with van der Waals surface area (Å²) in [4.78, 5) is 18.6. The number of hydrogen-bond acceptors (Lipinski definition) is 3. The van der Waals surface area contributed by atoms with Crippen molar-refractivity contribution in [1.82, 2.24) is 15.6 Å². The van der Waals surface area contributed by atoms with Crippen LogP contribution in [0, 0.1) is 5.92 Å². The lowest BCUT2D eigenvalue weighted by Crippen LogP contribution is -2.42. The number of amides is 2. The molecule has 1 aromatic heterocycles. The minimum Gasteiger partial charge on any atom is -0.357 e. The summed E-state index contributed by atoms with van der Waals surface area (Å²) in [6.45, 7) is 3.18. The van der Waals surface area contributed by atoms with Gasteiger partial charge in [0.25, 0.3) is 0 Å². The second-order valence-electron chi connectivity index (χ2n) is 6.31. The molecule has 0 atom stereocenters. The first-order valence-corrected chi connectivity index (χ1v) is 9.00. The summed E-state index contributed by atoms with van der Waals surface area (Å²) in [6, 6.07) is 13.3. The van der Waals surface area contributed by atoms with Crippen molar-refractivity contribution in [2.24, 2.45) is 5.92 Å². The number of aromatic nitrogens is 1. The minimum atomic E-state index is -0.123. The summed E-state index contributed by atoms with van der Waals surface area (Å²) in [7, 11) is 0. The summed E-state index contributed by atoms with van der Waals surface area (Å²) in [5, 5.41) is 6.56. The number of benzene rings is 1. The van der Waals surface area contributed by atoms with Gasteiger partial charge in [-0.05, 0) is 48.6 Å². The molecule has 1 aromatic carbocycles. The van der Waals surface area contributed by atoms with E-state index in [1.807, 2.05) is 48.7 Å². The normalized spacial score (nSPS) is 15.0. The van der Waals surface area contributed by atoms with Crippen LogP contribution in [0.5, 0.6) is 0 Å². The van der Waals surface area contributed by atoms with Crippen molar-refractivity contribution in [3.05, 3.63) is 59.2 Å². The molecule has 2 N–H and O–H groups in total. The van der Waals surface area contributed by atoms with Gasteiger partial charge in [-0.15, -0.1) is 0 Å². The number of hydrogen-bond donors (Lipinski definition) is 2. The second kappa shape index (κ2) is 8.72.